The van der Waals surface area contributed by atoms with Crippen LogP contribution >= 0.6 is 11.6 Å². The lowest BCUT2D eigenvalue weighted by Gasteiger charge is -2.06. The molecule has 0 aliphatic carbocycles. The number of aromatic nitrogens is 1. The van der Waals surface area contributed by atoms with Gasteiger partial charge in [-0.1, -0.05) is 11.6 Å². The number of fused-ring (bicyclic) bond motifs is 1. The molecule has 1 N–H and O–H groups in total. The van der Waals surface area contributed by atoms with Crippen LogP contribution in [0.2, 0.25) is 5.02 Å². The molecule has 0 radical (unpaired) electrons. The van der Waals surface area contributed by atoms with Gasteiger partial charge in [0.1, 0.15) is 17.0 Å². The first-order chi connectivity index (χ1) is 7.63. The minimum absolute atomic E-state index is 0.0342. The molecule has 2 aromatic rings. The van der Waals surface area contributed by atoms with E-state index in [0.717, 1.165) is 0 Å². The van der Waals surface area contributed by atoms with Crippen LogP contribution in [0.5, 0.6) is 5.75 Å². The minimum atomic E-state index is -1.08. The second-order valence-electron chi connectivity index (χ2n) is 3.15. The molecular weight excluding hydrogens is 230 g/mol. The highest BCUT2D eigenvalue weighted by Crippen LogP contribution is 2.29. The number of halogens is 1. The van der Waals surface area contributed by atoms with Gasteiger partial charge < -0.3 is 9.84 Å². The van der Waals surface area contributed by atoms with Gasteiger partial charge in [-0.05, 0) is 24.3 Å². The average Bonchev–Trinajstić information content (AvgIpc) is 2.29. The van der Waals surface area contributed by atoms with Crippen molar-refractivity contribution in [1.29, 1.82) is 0 Å². The third-order valence-corrected chi connectivity index (χ3v) is 2.54. The zero-order valence-electron chi connectivity index (χ0n) is 8.40. The Balaban J connectivity index is 2.79. The number of benzene rings is 1. The molecule has 82 valence electrons. The molecule has 5 heteroatoms. The Morgan fingerprint density at radius 3 is 2.75 bits per heavy atom. The maximum atomic E-state index is 10.8. The monoisotopic (exact) mass is 237 g/mol. The molecule has 0 unspecified atom stereocenters. The molecule has 0 saturated carbocycles. The van der Waals surface area contributed by atoms with Gasteiger partial charge in [0.2, 0.25) is 0 Å². The number of nitrogens with zero attached hydrogens (tertiary/aromatic N) is 1. The zero-order valence-corrected chi connectivity index (χ0v) is 9.15. The Morgan fingerprint density at radius 2 is 2.12 bits per heavy atom. The molecule has 1 aromatic carbocycles. The van der Waals surface area contributed by atoms with E-state index >= 15 is 0 Å². The first-order valence-corrected chi connectivity index (χ1v) is 4.88. The summed E-state index contributed by atoms with van der Waals surface area (Å²) < 4.78 is 5.10. The molecule has 1 heterocycles. The summed E-state index contributed by atoms with van der Waals surface area (Å²) in [6, 6.07) is 6.38. The number of carbonyl (C=O) groups is 1. The molecule has 0 saturated heterocycles. The van der Waals surface area contributed by atoms with E-state index in [9.17, 15) is 4.79 Å². The number of hydrogen-bond donors (Lipinski definition) is 1. The molecule has 0 aliphatic rings. The van der Waals surface area contributed by atoms with Gasteiger partial charge in [0.05, 0.1) is 12.1 Å². The summed E-state index contributed by atoms with van der Waals surface area (Å²) in [5.41, 5.74) is 0.419. The Bertz CT molecular complexity index is 568. The molecule has 4 nitrogen and oxygen atoms in total. The van der Waals surface area contributed by atoms with Crippen LogP contribution < -0.4 is 4.74 Å². The van der Waals surface area contributed by atoms with Crippen molar-refractivity contribution in [3.8, 4) is 5.75 Å². The van der Waals surface area contributed by atoms with Gasteiger partial charge in [0.15, 0.2) is 0 Å². The lowest BCUT2D eigenvalue weighted by atomic mass is 10.2. The Labute approximate surface area is 96.4 Å². The lowest BCUT2D eigenvalue weighted by Crippen LogP contribution is -2.00. The van der Waals surface area contributed by atoms with Gasteiger partial charge in [-0.3, -0.25) is 0 Å². The van der Waals surface area contributed by atoms with Crippen LogP contribution in [0, 0.1) is 0 Å². The van der Waals surface area contributed by atoms with E-state index < -0.39 is 5.97 Å². The third-order valence-electron chi connectivity index (χ3n) is 2.21. The second kappa shape index (κ2) is 3.98. The van der Waals surface area contributed by atoms with Gasteiger partial charge in [-0.25, -0.2) is 9.78 Å². The molecule has 1 aromatic heterocycles. The number of ether oxygens (including phenoxy) is 1. The first kappa shape index (κ1) is 10.7. The summed E-state index contributed by atoms with van der Waals surface area (Å²) in [7, 11) is 1.50. The highest BCUT2D eigenvalue weighted by molar-refractivity contribution is 6.35. The summed E-state index contributed by atoms with van der Waals surface area (Å²) in [5.74, 6) is -0.577. The van der Waals surface area contributed by atoms with Crippen LogP contribution in [0.1, 0.15) is 10.5 Å². The van der Waals surface area contributed by atoms with Gasteiger partial charge in [-0.15, -0.1) is 0 Å². The van der Waals surface area contributed by atoms with Crippen molar-refractivity contribution >= 4 is 28.5 Å². The molecule has 0 spiro atoms. The van der Waals surface area contributed by atoms with Crippen molar-refractivity contribution in [2.24, 2.45) is 0 Å². The normalized spacial score (nSPS) is 10.4. The summed E-state index contributed by atoms with van der Waals surface area (Å²) in [6.45, 7) is 0. The van der Waals surface area contributed by atoms with Crippen LogP contribution in [0.3, 0.4) is 0 Å². The van der Waals surface area contributed by atoms with Crippen LogP contribution in [-0.2, 0) is 0 Å². The van der Waals surface area contributed by atoms with E-state index in [0.29, 0.717) is 21.7 Å². The molecule has 2 rings (SSSR count). The van der Waals surface area contributed by atoms with E-state index in [1.807, 2.05) is 0 Å². The average molecular weight is 238 g/mol. The maximum Gasteiger partial charge on any atom is 0.354 e. The van der Waals surface area contributed by atoms with Gasteiger partial charge in [0.25, 0.3) is 0 Å². The molecule has 16 heavy (non-hydrogen) atoms. The summed E-state index contributed by atoms with van der Waals surface area (Å²) in [4.78, 5) is 14.8. The number of carboxylic acid groups (broad SMARTS) is 1. The fourth-order valence-corrected chi connectivity index (χ4v) is 1.66. The number of pyridine rings is 1. The first-order valence-electron chi connectivity index (χ1n) is 4.50. The Kier molecular flexibility index (Phi) is 2.66. The minimum Gasteiger partial charge on any atom is -0.494 e. The number of hydrogen-bond acceptors (Lipinski definition) is 3. The number of methoxy groups -OCH3 is 1. The molecule has 0 atom stereocenters. The maximum absolute atomic E-state index is 10.8. The lowest BCUT2D eigenvalue weighted by molar-refractivity contribution is 0.0691. The van der Waals surface area contributed by atoms with Crippen molar-refractivity contribution in [1.82, 2.24) is 4.98 Å². The summed E-state index contributed by atoms with van der Waals surface area (Å²) in [5, 5.41) is 10.0. The number of aromatic carboxylic acids is 1. The van der Waals surface area contributed by atoms with E-state index in [-0.39, 0.29) is 5.69 Å². The fourth-order valence-electron chi connectivity index (χ4n) is 1.44. The zero-order chi connectivity index (χ0) is 11.7. The number of carboxylic acids is 1. The number of rotatable bonds is 2. The predicted octanol–water partition coefficient (Wildman–Crippen LogP) is 2.60. The SMILES string of the molecule is COc1ccc(Cl)c2ccc(C(=O)O)nc12. The van der Waals surface area contributed by atoms with Crippen molar-refractivity contribution in [3.63, 3.8) is 0 Å². The highest BCUT2D eigenvalue weighted by Gasteiger charge is 2.10. The van der Waals surface area contributed by atoms with Crippen molar-refractivity contribution in [3.05, 3.63) is 35.0 Å². The van der Waals surface area contributed by atoms with E-state index in [1.54, 1.807) is 18.2 Å². The van der Waals surface area contributed by atoms with E-state index in [1.165, 1.54) is 13.2 Å². The molecule has 0 bridgehead atoms. The molecule has 0 aliphatic heterocycles. The van der Waals surface area contributed by atoms with Crippen LogP contribution in [0.15, 0.2) is 24.3 Å². The molecule has 0 fully saturated rings. The highest BCUT2D eigenvalue weighted by atomic mass is 35.5. The van der Waals surface area contributed by atoms with Crippen LogP contribution in [0.4, 0.5) is 0 Å². The second-order valence-corrected chi connectivity index (χ2v) is 3.55. The van der Waals surface area contributed by atoms with Gasteiger partial charge >= 0.3 is 5.97 Å². The third kappa shape index (κ3) is 1.67. The predicted molar refractivity (Wildman–Crippen MR) is 60.3 cm³/mol. The van der Waals surface area contributed by atoms with Crippen LogP contribution in [-0.4, -0.2) is 23.2 Å². The van der Waals surface area contributed by atoms with E-state index in [4.69, 9.17) is 21.4 Å². The van der Waals surface area contributed by atoms with Crippen LogP contribution in [0.25, 0.3) is 10.9 Å². The Morgan fingerprint density at radius 1 is 1.38 bits per heavy atom. The van der Waals surface area contributed by atoms with Crippen molar-refractivity contribution in [2.45, 2.75) is 0 Å². The Hall–Kier alpha value is -1.81. The molecular formula is C11H8ClNO3. The topological polar surface area (TPSA) is 59.4 Å². The summed E-state index contributed by atoms with van der Waals surface area (Å²) >= 11 is 5.97. The van der Waals surface area contributed by atoms with Crippen molar-refractivity contribution < 1.29 is 14.6 Å². The summed E-state index contributed by atoms with van der Waals surface area (Å²) in [6.07, 6.45) is 0. The van der Waals surface area contributed by atoms with Gasteiger partial charge in [0, 0.05) is 5.39 Å². The standard InChI is InChI=1S/C11H8ClNO3/c1-16-9-5-3-7(12)6-2-4-8(11(14)15)13-10(6)9/h2-5H,1H3,(H,14,15). The van der Waals surface area contributed by atoms with Crippen molar-refractivity contribution in [2.75, 3.05) is 7.11 Å². The van der Waals surface area contributed by atoms with E-state index in [2.05, 4.69) is 4.98 Å². The van der Waals surface area contributed by atoms with Gasteiger partial charge in [-0.2, -0.15) is 0 Å². The smallest absolute Gasteiger partial charge is 0.354 e. The molecule has 0 amide bonds. The fraction of sp³-hybridized carbons (Fsp3) is 0.0909. The largest absolute Gasteiger partial charge is 0.494 e. The quantitative estimate of drug-likeness (QED) is 0.872.